The van der Waals surface area contributed by atoms with Crippen LogP contribution in [0.1, 0.15) is 59.3 Å². The molecule has 0 N–H and O–H groups in total. The Kier molecular flexibility index (Phi) is 3.91. The van der Waals surface area contributed by atoms with E-state index in [0.29, 0.717) is 12.0 Å². The number of likely N-dealkylation sites (tertiary alicyclic amines) is 1. The summed E-state index contributed by atoms with van der Waals surface area (Å²) in [4.78, 5) is 28.5. The molecule has 0 aromatic heterocycles. The number of esters is 2. The fourth-order valence-electron chi connectivity index (χ4n) is 9.96. The van der Waals surface area contributed by atoms with Gasteiger partial charge in [0.15, 0.2) is 0 Å². The van der Waals surface area contributed by atoms with Gasteiger partial charge in [-0.25, -0.2) is 0 Å². The molecule has 4 saturated carbocycles. The molecule has 7 rings (SSSR count). The van der Waals surface area contributed by atoms with Crippen molar-refractivity contribution in [2.75, 3.05) is 20.2 Å². The lowest BCUT2D eigenvalue weighted by atomic mass is 9.42. The second kappa shape index (κ2) is 6.00. The quantitative estimate of drug-likeness (QED) is 0.658. The number of carbonyl (C=O) groups excluding carboxylic acids is 2. The average molecular weight is 418 g/mol. The molecule has 0 radical (unpaired) electrons. The molecule has 4 aliphatic carbocycles. The number of ether oxygens (including phenoxy) is 3. The van der Waals surface area contributed by atoms with Crippen molar-refractivity contribution in [3.05, 3.63) is 0 Å². The van der Waals surface area contributed by atoms with Crippen LogP contribution in [0.2, 0.25) is 0 Å². The molecule has 3 unspecified atom stereocenters. The minimum absolute atomic E-state index is 0.0446. The van der Waals surface area contributed by atoms with E-state index in [1.807, 2.05) is 7.11 Å². The maximum absolute atomic E-state index is 13.4. The SMILES string of the molecule is CCN1C[C@]2(C)CC[C@H](OC)C34C1[C@H](C[C@@H]32)[C@]1(OC(C)=O)CC[C@@H]2C[C@@H]4C1C(=O)O2. The maximum atomic E-state index is 13.4. The van der Waals surface area contributed by atoms with E-state index in [2.05, 4.69) is 18.7 Å². The molecule has 6 heteroatoms. The highest BCUT2D eigenvalue weighted by atomic mass is 16.6. The summed E-state index contributed by atoms with van der Waals surface area (Å²) in [5, 5.41) is 0. The first kappa shape index (κ1) is 19.5. The largest absolute Gasteiger partial charge is 0.462 e. The van der Waals surface area contributed by atoms with Crippen molar-refractivity contribution in [2.45, 2.75) is 83.1 Å². The zero-order valence-corrected chi connectivity index (χ0v) is 18.7. The zero-order chi connectivity index (χ0) is 21.1. The molecular formula is C24H35NO5. The number of carbonyl (C=O) groups is 2. The highest BCUT2D eigenvalue weighted by molar-refractivity contribution is 5.78. The molecule has 30 heavy (non-hydrogen) atoms. The molecule has 3 saturated heterocycles. The standard InChI is InChI=1S/C24H35NO5/c1-5-25-12-22(3)8-7-18(28-4)24-15-10-14-6-9-23(30-13(2)26,19(15)21(27)29-14)16(20(24)25)11-17(22)24/h14-20H,5-12H2,1-4H3/t14-,15-,16+,17-,18+,19?,20?,22+,23-,24?/m1/s1. The van der Waals surface area contributed by atoms with Gasteiger partial charge in [-0.05, 0) is 62.3 Å². The lowest BCUT2D eigenvalue weighted by Crippen LogP contribution is -2.76. The third-order valence-electron chi connectivity index (χ3n) is 10.5. The highest BCUT2D eigenvalue weighted by Gasteiger charge is 2.82. The summed E-state index contributed by atoms with van der Waals surface area (Å²) in [7, 11) is 1.86. The number of rotatable bonds is 3. The normalized spacial score (nSPS) is 55.7. The number of piperidine rings is 1. The van der Waals surface area contributed by atoms with E-state index in [4.69, 9.17) is 14.2 Å². The van der Waals surface area contributed by atoms with Crippen LogP contribution in [0, 0.1) is 34.5 Å². The van der Waals surface area contributed by atoms with E-state index in [-0.39, 0.29) is 52.7 Å². The van der Waals surface area contributed by atoms with E-state index in [9.17, 15) is 9.59 Å². The number of fused-ring (bicyclic) bond motifs is 2. The smallest absolute Gasteiger partial charge is 0.313 e. The molecule has 9 bridgehead atoms. The predicted octanol–water partition coefficient (Wildman–Crippen LogP) is 2.79. The summed E-state index contributed by atoms with van der Waals surface area (Å²) < 4.78 is 18.5. The van der Waals surface area contributed by atoms with Gasteiger partial charge in [0.1, 0.15) is 17.6 Å². The Hall–Kier alpha value is -1.14. The first-order valence-electron chi connectivity index (χ1n) is 12.0. The Morgan fingerprint density at radius 3 is 2.73 bits per heavy atom. The van der Waals surface area contributed by atoms with E-state index < -0.39 is 5.60 Å². The topological polar surface area (TPSA) is 65.1 Å². The molecule has 10 atom stereocenters. The molecule has 0 amide bonds. The van der Waals surface area contributed by atoms with Gasteiger partial charge >= 0.3 is 11.9 Å². The monoisotopic (exact) mass is 417 g/mol. The van der Waals surface area contributed by atoms with Crippen LogP contribution in [-0.2, 0) is 23.8 Å². The first-order chi connectivity index (χ1) is 14.3. The summed E-state index contributed by atoms with van der Waals surface area (Å²) >= 11 is 0. The van der Waals surface area contributed by atoms with Crippen molar-refractivity contribution >= 4 is 11.9 Å². The maximum Gasteiger partial charge on any atom is 0.313 e. The predicted molar refractivity (Wildman–Crippen MR) is 108 cm³/mol. The molecule has 3 heterocycles. The molecule has 7 fully saturated rings. The van der Waals surface area contributed by atoms with Gasteiger partial charge in [0.05, 0.1) is 6.10 Å². The van der Waals surface area contributed by atoms with Gasteiger partial charge in [0.25, 0.3) is 0 Å². The van der Waals surface area contributed by atoms with Crippen LogP contribution in [0.25, 0.3) is 0 Å². The van der Waals surface area contributed by atoms with E-state index in [1.54, 1.807) is 0 Å². The Morgan fingerprint density at radius 2 is 2.03 bits per heavy atom. The second-order valence-corrected chi connectivity index (χ2v) is 11.3. The van der Waals surface area contributed by atoms with Gasteiger partial charge in [-0.1, -0.05) is 13.8 Å². The van der Waals surface area contributed by atoms with Crippen LogP contribution in [0.4, 0.5) is 0 Å². The molecule has 166 valence electrons. The number of hydrogen-bond acceptors (Lipinski definition) is 6. The molecule has 6 nitrogen and oxygen atoms in total. The third-order valence-corrected chi connectivity index (χ3v) is 10.5. The van der Waals surface area contributed by atoms with Crippen molar-refractivity contribution in [1.82, 2.24) is 4.90 Å². The number of hydrogen-bond donors (Lipinski definition) is 0. The van der Waals surface area contributed by atoms with Gasteiger partial charge < -0.3 is 14.2 Å². The average Bonchev–Trinajstić information content (AvgIpc) is 2.75. The summed E-state index contributed by atoms with van der Waals surface area (Å²) in [5.74, 6) is 0.126. The lowest BCUT2D eigenvalue weighted by molar-refractivity contribution is -0.271. The van der Waals surface area contributed by atoms with Gasteiger partial charge in [-0.3, -0.25) is 14.5 Å². The lowest BCUT2D eigenvalue weighted by Gasteiger charge is -2.69. The molecule has 1 spiro atoms. The Balaban J connectivity index is 1.63. The van der Waals surface area contributed by atoms with E-state index in [0.717, 1.165) is 45.2 Å². The summed E-state index contributed by atoms with van der Waals surface area (Å²) in [6.45, 7) is 8.33. The molecular weight excluding hydrogens is 382 g/mol. The third kappa shape index (κ3) is 2.00. The number of nitrogens with zero attached hydrogens (tertiary/aromatic N) is 1. The molecule has 3 aliphatic heterocycles. The highest BCUT2D eigenvalue weighted by Crippen LogP contribution is 2.77. The van der Waals surface area contributed by atoms with Crippen LogP contribution >= 0.6 is 0 Å². The van der Waals surface area contributed by atoms with E-state index >= 15 is 0 Å². The fraction of sp³-hybridized carbons (Fsp3) is 0.917. The minimum Gasteiger partial charge on any atom is -0.462 e. The van der Waals surface area contributed by atoms with Crippen LogP contribution in [0.5, 0.6) is 0 Å². The second-order valence-electron chi connectivity index (χ2n) is 11.3. The van der Waals surface area contributed by atoms with Crippen LogP contribution in [0.3, 0.4) is 0 Å². The zero-order valence-electron chi connectivity index (χ0n) is 18.7. The Morgan fingerprint density at radius 1 is 1.23 bits per heavy atom. The van der Waals surface area contributed by atoms with Crippen molar-refractivity contribution in [3.63, 3.8) is 0 Å². The van der Waals surface area contributed by atoms with Gasteiger partial charge in [-0.2, -0.15) is 0 Å². The van der Waals surface area contributed by atoms with E-state index in [1.165, 1.54) is 13.3 Å². The molecule has 7 aliphatic rings. The van der Waals surface area contributed by atoms with Crippen LogP contribution in [-0.4, -0.2) is 60.9 Å². The van der Waals surface area contributed by atoms with Crippen LogP contribution < -0.4 is 0 Å². The van der Waals surface area contributed by atoms with Gasteiger partial charge in [0.2, 0.25) is 0 Å². The van der Waals surface area contributed by atoms with Crippen LogP contribution in [0.15, 0.2) is 0 Å². The fourth-order valence-corrected chi connectivity index (χ4v) is 9.96. The molecule has 0 aromatic carbocycles. The van der Waals surface area contributed by atoms with Crippen molar-refractivity contribution in [3.8, 4) is 0 Å². The Bertz CT molecular complexity index is 800. The molecule has 0 aromatic rings. The van der Waals surface area contributed by atoms with Crippen molar-refractivity contribution < 1.29 is 23.8 Å². The summed E-state index contributed by atoms with van der Waals surface area (Å²) in [6.07, 6.45) is 5.83. The van der Waals surface area contributed by atoms with Crippen molar-refractivity contribution in [2.24, 2.45) is 34.5 Å². The summed E-state index contributed by atoms with van der Waals surface area (Å²) in [6, 6.07) is 0.316. The van der Waals surface area contributed by atoms with Crippen molar-refractivity contribution in [1.29, 1.82) is 0 Å². The minimum atomic E-state index is -0.719. The first-order valence-corrected chi connectivity index (χ1v) is 12.0. The summed E-state index contributed by atoms with van der Waals surface area (Å²) in [5.41, 5.74) is -0.538. The Labute approximate surface area is 179 Å². The van der Waals surface area contributed by atoms with Gasteiger partial charge in [0, 0.05) is 38.0 Å². The van der Waals surface area contributed by atoms with Gasteiger partial charge in [-0.15, -0.1) is 0 Å². The number of methoxy groups -OCH3 is 1.